The van der Waals surface area contributed by atoms with Crippen molar-refractivity contribution in [2.45, 2.75) is 44.8 Å². The Labute approximate surface area is 125 Å². The Morgan fingerprint density at radius 1 is 1.43 bits per heavy atom. The van der Waals surface area contributed by atoms with Gasteiger partial charge in [-0.1, -0.05) is 6.92 Å². The van der Waals surface area contributed by atoms with Crippen LogP contribution in [0.2, 0.25) is 0 Å². The Morgan fingerprint density at radius 3 is 2.95 bits per heavy atom. The van der Waals surface area contributed by atoms with Gasteiger partial charge in [0.1, 0.15) is 5.76 Å². The number of rotatable bonds is 7. The first-order valence-corrected chi connectivity index (χ1v) is 7.93. The van der Waals surface area contributed by atoms with E-state index in [1.165, 1.54) is 0 Å². The van der Waals surface area contributed by atoms with Crippen LogP contribution in [-0.2, 0) is 16.1 Å². The van der Waals surface area contributed by atoms with Gasteiger partial charge < -0.3 is 19.4 Å². The smallest absolute Gasteiger partial charge is 0.230 e. The number of carbonyl (C=O) groups is 1. The lowest BCUT2D eigenvalue weighted by molar-refractivity contribution is -0.137. The van der Waals surface area contributed by atoms with Crippen molar-refractivity contribution in [1.82, 2.24) is 10.2 Å². The summed E-state index contributed by atoms with van der Waals surface area (Å²) in [7, 11) is 0. The monoisotopic (exact) mass is 292 g/mol. The van der Waals surface area contributed by atoms with Crippen LogP contribution in [0.25, 0.3) is 0 Å². The summed E-state index contributed by atoms with van der Waals surface area (Å²) in [6.45, 7) is 4.80. The van der Waals surface area contributed by atoms with E-state index in [0.717, 1.165) is 31.6 Å². The van der Waals surface area contributed by atoms with Crippen LogP contribution in [0.1, 0.15) is 31.9 Å². The van der Waals surface area contributed by atoms with Gasteiger partial charge in [-0.3, -0.25) is 4.79 Å². The number of ether oxygens (including phenoxy) is 1. The standard InChI is InChI=1S/C16H24N2O3/c1-2-7-17-15-11-20-10-14(15)16(19)18(12-5-6-12)9-13-4-3-8-21-13/h3-4,8,12,14-15,17H,2,5-7,9-11H2,1H3. The van der Waals surface area contributed by atoms with Crippen molar-refractivity contribution in [3.05, 3.63) is 24.2 Å². The molecule has 2 atom stereocenters. The number of carbonyl (C=O) groups excluding carboxylic acids is 1. The van der Waals surface area contributed by atoms with E-state index >= 15 is 0 Å². The Balaban J connectivity index is 1.65. The van der Waals surface area contributed by atoms with E-state index in [1.54, 1.807) is 6.26 Å². The summed E-state index contributed by atoms with van der Waals surface area (Å²) in [6.07, 6.45) is 4.94. The first-order valence-electron chi connectivity index (χ1n) is 7.93. The van der Waals surface area contributed by atoms with E-state index in [-0.39, 0.29) is 17.9 Å². The van der Waals surface area contributed by atoms with Crippen LogP contribution in [0, 0.1) is 5.92 Å². The van der Waals surface area contributed by atoms with Gasteiger partial charge >= 0.3 is 0 Å². The molecule has 0 aromatic carbocycles. The highest BCUT2D eigenvalue weighted by molar-refractivity contribution is 5.80. The molecule has 2 fully saturated rings. The highest BCUT2D eigenvalue weighted by Gasteiger charge is 2.41. The number of hydrogen-bond donors (Lipinski definition) is 1. The third-order valence-electron chi connectivity index (χ3n) is 4.23. The fraction of sp³-hybridized carbons (Fsp3) is 0.688. The van der Waals surface area contributed by atoms with Gasteiger partial charge in [0.2, 0.25) is 5.91 Å². The fourth-order valence-electron chi connectivity index (χ4n) is 2.89. The van der Waals surface area contributed by atoms with Gasteiger partial charge in [-0.05, 0) is 37.9 Å². The second-order valence-corrected chi connectivity index (χ2v) is 5.98. The quantitative estimate of drug-likeness (QED) is 0.832. The van der Waals surface area contributed by atoms with Gasteiger partial charge in [0.25, 0.3) is 0 Å². The van der Waals surface area contributed by atoms with Gasteiger partial charge in [-0.2, -0.15) is 0 Å². The molecule has 3 rings (SSSR count). The third kappa shape index (κ3) is 3.47. The molecule has 21 heavy (non-hydrogen) atoms. The van der Waals surface area contributed by atoms with Crippen molar-refractivity contribution in [2.75, 3.05) is 19.8 Å². The van der Waals surface area contributed by atoms with Gasteiger partial charge in [0.15, 0.2) is 0 Å². The second kappa shape index (κ2) is 6.62. The predicted octanol–water partition coefficient (Wildman–Crippen LogP) is 1.79. The minimum atomic E-state index is -0.0629. The highest BCUT2D eigenvalue weighted by atomic mass is 16.5. The molecule has 0 spiro atoms. The lowest BCUT2D eigenvalue weighted by Crippen LogP contribution is -2.46. The van der Waals surface area contributed by atoms with E-state index in [0.29, 0.717) is 25.8 Å². The van der Waals surface area contributed by atoms with Gasteiger partial charge in [-0.15, -0.1) is 0 Å². The minimum absolute atomic E-state index is 0.0629. The molecule has 2 heterocycles. The molecule has 1 aliphatic heterocycles. The van der Waals surface area contributed by atoms with Crippen LogP contribution >= 0.6 is 0 Å². The molecule has 5 nitrogen and oxygen atoms in total. The molecule has 0 radical (unpaired) electrons. The van der Waals surface area contributed by atoms with Crippen molar-refractivity contribution in [2.24, 2.45) is 5.92 Å². The molecule has 0 bridgehead atoms. The van der Waals surface area contributed by atoms with E-state index in [2.05, 4.69) is 12.2 Å². The summed E-state index contributed by atoms with van der Waals surface area (Å²) in [4.78, 5) is 14.9. The SMILES string of the molecule is CCCNC1COCC1C(=O)N(Cc1ccco1)C1CC1. The van der Waals surface area contributed by atoms with Crippen molar-refractivity contribution >= 4 is 5.91 Å². The van der Waals surface area contributed by atoms with Crippen molar-refractivity contribution < 1.29 is 13.9 Å². The maximum absolute atomic E-state index is 12.9. The molecule has 116 valence electrons. The molecule has 2 unspecified atom stereocenters. The van der Waals surface area contributed by atoms with Crippen LogP contribution in [-0.4, -0.2) is 42.6 Å². The Morgan fingerprint density at radius 2 is 2.29 bits per heavy atom. The number of amides is 1. The van der Waals surface area contributed by atoms with Crippen molar-refractivity contribution in [3.63, 3.8) is 0 Å². The topological polar surface area (TPSA) is 54.7 Å². The molecule has 2 aliphatic rings. The average molecular weight is 292 g/mol. The highest BCUT2D eigenvalue weighted by Crippen LogP contribution is 2.31. The van der Waals surface area contributed by atoms with Gasteiger partial charge in [0.05, 0.1) is 31.9 Å². The molecule has 1 aromatic rings. The van der Waals surface area contributed by atoms with Crippen LogP contribution in [0.4, 0.5) is 0 Å². The second-order valence-electron chi connectivity index (χ2n) is 5.98. The number of furan rings is 1. The summed E-state index contributed by atoms with van der Waals surface area (Å²) in [6, 6.07) is 4.33. The number of hydrogen-bond acceptors (Lipinski definition) is 4. The zero-order valence-electron chi connectivity index (χ0n) is 12.6. The van der Waals surface area contributed by atoms with E-state index in [1.807, 2.05) is 17.0 Å². The molecule has 5 heteroatoms. The zero-order valence-corrected chi connectivity index (χ0v) is 12.6. The Bertz CT molecular complexity index is 456. The molecule has 1 saturated heterocycles. The minimum Gasteiger partial charge on any atom is -0.467 e. The number of nitrogens with one attached hydrogen (secondary N) is 1. The van der Waals surface area contributed by atoms with Gasteiger partial charge in [0, 0.05) is 12.1 Å². The Hall–Kier alpha value is -1.33. The van der Waals surface area contributed by atoms with E-state index < -0.39 is 0 Å². The van der Waals surface area contributed by atoms with E-state index in [4.69, 9.17) is 9.15 Å². The summed E-state index contributed by atoms with van der Waals surface area (Å²) in [5.41, 5.74) is 0. The first kappa shape index (κ1) is 14.6. The molecule has 1 aliphatic carbocycles. The maximum atomic E-state index is 12.9. The van der Waals surface area contributed by atoms with Crippen LogP contribution in [0.5, 0.6) is 0 Å². The summed E-state index contributed by atoms with van der Waals surface area (Å²) >= 11 is 0. The number of nitrogens with zero attached hydrogens (tertiary/aromatic N) is 1. The van der Waals surface area contributed by atoms with Gasteiger partial charge in [-0.25, -0.2) is 0 Å². The molecule has 1 aromatic heterocycles. The first-order chi connectivity index (χ1) is 10.3. The largest absolute Gasteiger partial charge is 0.467 e. The third-order valence-corrected chi connectivity index (χ3v) is 4.23. The van der Waals surface area contributed by atoms with Crippen LogP contribution < -0.4 is 5.32 Å². The van der Waals surface area contributed by atoms with E-state index in [9.17, 15) is 4.79 Å². The average Bonchev–Trinajstić information content (AvgIpc) is 3.02. The lowest BCUT2D eigenvalue weighted by Gasteiger charge is -2.27. The van der Waals surface area contributed by atoms with Crippen LogP contribution in [0.15, 0.2) is 22.8 Å². The van der Waals surface area contributed by atoms with Crippen LogP contribution in [0.3, 0.4) is 0 Å². The zero-order chi connectivity index (χ0) is 14.7. The summed E-state index contributed by atoms with van der Waals surface area (Å²) < 4.78 is 10.9. The molecular formula is C16H24N2O3. The summed E-state index contributed by atoms with van der Waals surface area (Å²) in [5, 5.41) is 3.44. The lowest BCUT2D eigenvalue weighted by atomic mass is 10.0. The molecule has 1 amide bonds. The Kier molecular flexibility index (Phi) is 4.60. The molecule has 1 N–H and O–H groups in total. The molecule has 1 saturated carbocycles. The molecular weight excluding hydrogens is 268 g/mol. The predicted molar refractivity (Wildman–Crippen MR) is 78.7 cm³/mol. The fourth-order valence-corrected chi connectivity index (χ4v) is 2.89. The summed E-state index contributed by atoms with van der Waals surface area (Å²) in [5.74, 6) is 0.999. The maximum Gasteiger partial charge on any atom is 0.230 e. The van der Waals surface area contributed by atoms with Crippen molar-refractivity contribution in [1.29, 1.82) is 0 Å². The van der Waals surface area contributed by atoms with Crippen molar-refractivity contribution in [3.8, 4) is 0 Å². The normalized spacial score (nSPS) is 25.2.